The number of hydrogen-bond acceptors (Lipinski definition) is 3. The van der Waals surface area contributed by atoms with Crippen LogP contribution in [-0.4, -0.2) is 21.3 Å². The van der Waals surface area contributed by atoms with Crippen LogP contribution in [0.4, 0.5) is 0 Å². The normalized spacial score (nSPS) is 9.83. The summed E-state index contributed by atoms with van der Waals surface area (Å²) in [6.07, 6.45) is 0. The summed E-state index contributed by atoms with van der Waals surface area (Å²) in [7, 11) is 0. The Morgan fingerprint density at radius 3 is 2.61 bits per heavy atom. The molecule has 0 radical (unpaired) electrons. The molecule has 1 aromatic heterocycles. The van der Waals surface area contributed by atoms with Gasteiger partial charge < -0.3 is 5.73 Å². The van der Waals surface area contributed by atoms with Gasteiger partial charge in [0, 0.05) is 5.56 Å². The van der Waals surface area contributed by atoms with E-state index < -0.39 is 11.4 Å². The molecule has 92 valence electrons. The summed E-state index contributed by atoms with van der Waals surface area (Å²) in [4.78, 5) is 22.7. The number of aromatic amines is 2. The van der Waals surface area contributed by atoms with E-state index in [-0.39, 0.29) is 6.54 Å². The first kappa shape index (κ1) is 12.0. The van der Waals surface area contributed by atoms with Gasteiger partial charge in [-0.25, -0.2) is 24.4 Å². The van der Waals surface area contributed by atoms with Crippen LogP contribution in [-0.2, 0) is 6.54 Å². The van der Waals surface area contributed by atoms with Gasteiger partial charge in [-0.3, -0.25) is 0 Å². The van der Waals surface area contributed by atoms with Crippen molar-refractivity contribution in [3.8, 4) is 11.8 Å². The molecule has 0 bridgehead atoms. The summed E-state index contributed by atoms with van der Waals surface area (Å²) in [5.74, 6) is 5.65. The molecule has 0 aliphatic heterocycles. The quantitative estimate of drug-likeness (QED) is 0.605. The number of aromatic nitrogens is 3. The predicted octanol–water partition coefficient (Wildman–Crippen LogP) is -0.777. The van der Waals surface area contributed by atoms with E-state index in [1.54, 1.807) is 0 Å². The van der Waals surface area contributed by atoms with Crippen molar-refractivity contribution in [1.29, 1.82) is 0 Å². The topological polar surface area (TPSA) is 96.7 Å². The Morgan fingerprint density at radius 1 is 1.22 bits per heavy atom. The van der Waals surface area contributed by atoms with E-state index in [9.17, 15) is 9.59 Å². The predicted molar refractivity (Wildman–Crippen MR) is 67.1 cm³/mol. The molecule has 0 aliphatic rings. The molecule has 0 saturated heterocycles. The largest absolute Gasteiger partial charge is 0.344 e. The lowest BCUT2D eigenvalue weighted by atomic mass is 10.1. The van der Waals surface area contributed by atoms with E-state index in [1.807, 2.05) is 24.3 Å². The highest BCUT2D eigenvalue weighted by Gasteiger charge is 2.03. The molecule has 0 unspecified atom stereocenters. The van der Waals surface area contributed by atoms with E-state index >= 15 is 0 Å². The Balaban J connectivity index is 2.30. The van der Waals surface area contributed by atoms with Gasteiger partial charge in [0.05, 0.1) is 13.1 Å². The molecule has 18 heavy (non-hydrogen) atoms. The van der Waals surface area contributed by atoms with Crippen molar-refractivity contribution in [3.05, 3.63) is 56.4 Å². The molecule has 0 amide bonds. The minimum Gasteiger partial charge on any atom is -0.320 e. The zero-order valence-corrected chi connectivity index (χ0v) is 9.56. The van der Waals surface area contributed by atoms with Gasteiger partial charge in [-0.2, -0.15) is 0 Å². The molecule has 0 aliphatic carbocycles. The Hall–Kier alpha value is -2.52. The lowest BCUT2D eigenvalue weighted by molar-refractivity contribution is 0.733. The zero-order chi connectivity index (χ0) is 13.0. The van der Waals surface area contributed by atoms with Crippen LogP contribution >= 0.6 is 0 Å². The van der Waals surface area contributed by atoms with E-state index in [0.717, 1.165) is 15.7 Å². The van der Waals surface area contributed by atoms with Gasteiger partial charge in [-0.15, -0.1) is 0 Å². The second kappa shape index (κ2) is 5.21. The third kappa shape index (κ3) is 2.59. The molecule has 6 nitrogen and oxygen atoms in total. The molecule has 0 fully saturated rings. The van der Waals surface area contributed by atoms with Crippen LogP contribution in [0.2, 0.25) is 0 Å². The average molecular weight is 244 g/mol. The van der Waals surface area contributed by atoms with Gasteiger partial charge in [0.2, 0.25) is 0 Å². The molecule has 0 atom stereocenters. The summed E-state index contributed by atoms with van der Waals surface area (Å²) in [5.41, 5.74) is 6.00. The van der Waals surface area contributed by atoms with Crippen LogP contribution in [0.3, 0.4) is 0 Å². The van der Waals surface area contributed by atoms with Gasteiger partial charge in [0.15, 0.2) is 0 Å². The first-order valence-corrected chi connectivity index (χ1v) is 5.36. The molecule has 2 aromatic rings. The Morgan fingerprint density at radius 2 is 1.94 bits per heavy atom. The van der Waals surface area contributed by atoms with Gasteiger partial charge in [0.1, 0.15) is 0 Å². The second-order valence-corrected chi connectivity index (χ2v) is 3.65. The van der Waals surface area contributed by atoms with Gasteiger partial charge in [-0.05, 0) is 17.7 Å². The summed E-state index contributed by atoms with van der Waals surface area (Å²) in [6, 6.07) is 7.31. The smallest absolute Gasteiger partial charge is 0.320 e. The highest BCUT2D eigenvalue weighted by molar-refractivity contribution is 5.37. The fourth-order valence-corrected chi connectivity index (χ4v) is 1.56. The highest BCUT2D eigenvalue weighted by Crippen LogP contribution is 2.04. The lowest BCUT2D eigenvalue weighted by Gasteiger charge is -2.00. The molecule has 6 heteroatoms. The van der Waals surface area contributed by atoms with Crippen molar-refractivity contribution in [2.75, 3.05) is 6.54 Å². The van der Waals surface area contributed by atoms with Crippen LogP contribution in [0.15, 0.2) is 33.9 Å². The van der Waals surface area contributed by atoms with Crippen LogP contribution in [0.1, 0.15) is 11.1 Å². The van der Waals surface area contributed by atoms with Crippen molar-refractivity contribution in [2.45, 2.75) is 6.54 Å². The number of hydrogen-bond donors (Lipinski definition) is 3. The van der Waals surface area contributed by atoms with Gasteiger partial charge in [0.25, 0.3) is 0 Å². The molecular formula is C12H12N4O2. The minimum atomic E-state index is -0.460. The van der Waals surface area contributed by atoms with Crippen molar-refractivity contribution in [3.63, 3.8) is 0 Å². The molecule has 2 rings (SSSR count). The summed E-state index contributed by atoms with van der Waals surface area (Å²) in [6.45, 7) is 0.497. The average Bonchev–Trinajstić information content (AvgIpc) is 2.69. The van der Waals surface area contributed by atoms with Crippen molar-refractivity contribution < 1.29 is 0 Å². The highest BCUT2D eigenvalue weighted by atomic mass is 16.2. The number of nitrogens with one attached hydrogen (secondary N) is 2. The first-order valence-electron chi connectivity index (χ1n) is 5.36. The van der Waals surface area contributed by atoms with Crippen molar-refractivity contribution in [2.24, 2.45) is 5.73 Å². The summed E-state index contributed by atoms with van der Waals surface area (Å²) >= 11 is 0. The third-order valence-electron chi connectivity index (χ3n) is 2.37. The van der Waals surface area contributed by atoms with Crippen LogP contribution in [0.25, 0.3) is 0 Å². The first-order chi connectivity index (χ1) is 8.70. The van der Waals surface area contributed by atoms with Crippen LogP contribution < -0.4 is 17.1 Å². The lowest BCUT2D eigenvalue weighted by Crippen LogP contribution is -2.26. The van der Waals surface area contributed by atoms with Crippen molar-refractivity contribution >= 4 is 0 Å². The number of nitrogens with two attached hydrogens (primary N) is 1. The third-order valence-corrected chi connectivity index (χ3v) is 2.37. The molecule has 1 heterocycles. The maximum Gasteiger partial charge on any atom is 0.344 e. The van der Waals surface area contributed by atoms with Gasteiger partial charge in [-0.1, -0.05) is 24.0 Å². The Kier molecular flexibility index (Phi) is 3.46. The minimum absolute atomic E-state index is 0.204. The zero-order valence-electron chi connectivity index (χ0n) is 9.56. The fourth-order valence-electron chi connectivity index (χ4n) is 1.56. The SMILES string of the molecule is NCC#Cc1cccc(Cn2c(=O)[nH][nH]c2=O)c1. The number of rotatable bonds is 2. The van der Waals surface area contributed by atoms with E-state index in [2.05, 4.69) is 22.0 Å². The molecule has 0 spiro atoms. The van der Waals surface area contributed by atoms with Crippen molar-refractivity contribution in [1.82, 2.24) is 14.8 Å². The monoisotopic (exact) mass is 244 g/mol. The Bertz CT molecular complexity index is 684. The molecule has 4 N–H and O–H groups in total. The maximum atomic E-state index is 11.3. The fraction of sp³-hybridized carbons (Fsp3) is 0.167. The Labute approximate surface area is 102 Å². The van der Waals surface area contributed by atoms with E-state index in [4.69, 9.17) is 5.73 Å². The number of benzene rings is 1. The maximum absolute atomic E-state index is 11.3. The standard InChI is InChI=1S/C12H12N4O2/c13-6-2-5-9-3-1-4-10(7-9)8-16-11(17)14-15-12(16)18/h1,3-4,7H,6,8,13H2,(H,14,17)(H,15,18). The summed E-state index contributed by atoms with van der Waals surface area (Å²) < 4.78 is 1.08. The van der Waals surface area contributed by atoms with E-state index in [0.29, 0.717) is 6.54 Å². The van der Waals surface area contributed by atoms with Crippen LogP contribution in [0.5, 0.6) is 0 Å². The molecule has 0 saturated carbocycles. The number of nitrogens with zero attached hydrogens (tertiary/aromatic N) is 1. The van der Waals surface area contributed by atoms with Crippen LogP contribution in [0, 0.1) is 11.8 Å². The van der Waals surface area contributed by atoms with Gasteiger partial charge >= 0.3 is 11.4 Å². The number of H-pyrrole nitrogens is 2. The molecular weight excluding hydrogens is 232 g/mol. The van der Waals surface area contributed by atoms with E-state index in [1.165, 1.54) is 0 Å². The second-order valence-electron chi connectivity index (χ2n) is 3.65. The summed E-state index contributed by atoms with van der Waals surface area (Å²) in [5, 5.41) is 4.46. The molecule has 1 aromatic carbocycles.